The molecule has 25 heavy (non-hydrogen) atoms. The van der Waals surface area contributed by atoms with E-state index in [-0.39, 0.29) is 11.8 Å². The molecule has 0 aliphatic carbocycles. The van der Waals surface area contributed by atoms with Crippen LogP contribution in [0.25, 0.3) is 0 Å². The fourth-order valence-corrected chi connectivity index (χ4v) is 3.50. The van der Waals surface area contributed by atoms with Crippen molar-refractivity contribution >= 4 is 17.5 Å². The number of amides is 2. The monoisotopic (exact) mass is 339 g/mol. The summed E-state index contributed by atoms with van der Waals surface area (Å²) >= 11 is 0. The van der Waals surface area contributed by atoms with Crippen molar-refractivity contribution in [3.63, 3.8) is 0 Å². The van der Waals surface area contributed by atoms with E-state index in [4.69, 9.17) is 4.42 Å². The van der Waals surface area contributed by atoms with Gasteiger partial charge in [-0.25, -0.2) is 0 Å². The zero-order chi connectivity index (χ0) is 17.2. The van der Waals surface area contributed by atoms with Gasteiger partial charge in [0.05, 0.1) is 19.2 Å². The maximum Gasteiger partial charge on any atom is 0.289 e. The largest absolute Gasteiger partial charge is 0.459 e. The van der Waals surface area contributed by atoms with Crippen molar-refractivity contribution in [2.24, 2.45) is 0 Å². The Morgan fingerprint density at radius 2 is 2.04 bits per heavy atom. The first-order valence-corrected chi connectivity index (χ1v) is 8.68. The molecule has 1 saturated heterocycles. The fraction of sp³-hybridized carbons (Fsp3) is 0.368. The number of carbonyl (C=O) groups excluding carboxylic acids is 2. The number of nitrogens with zero attached hydrogens (tertiary/aromatic N) is 2. The van der Waals surface area contributed by atoms with Gasteiger partial charge in [-0.1, -0.05) is 18.2 Å². The van der Waals surface area contributed by atoms with Gasteiger partial charge in [0.15, 0.2) is 5.76 Å². The number of nitrogens with one attached hydrogen (secondary N) is 1. The summed E-state index contributed by atoms with van der Waals surface area (Å²) in [4.78, 5) is 28.8. The average Bonchev–Trinajstić information content (AvgIpc) is 3.09. The molecule has 1 aromatic heterocycles. The van der Waals surface area contributed by atoms with E-state index >= 15 is 0 Å². The summed E-state index contributed by atoms with van der Waals surface area (Å²) in [6.45, 7) is 3.47. The van der Waals surface area contributed by atoms with E-state index in [0.717, 1.165) is 42.9 Å². The molecule has 0 radical (unpaired) electrons. The van der Waals surface area contributed by atoms with Gasteiger partial charge in [-0.15, -0.1) is 0 Å². The lowest BCUT2D eigenvalue weighted by Crippen LogP contribution is -2.35. The van der Waals surface area contributed by atoms with Crippen LogP contribution in [0.3, 0.4) is 0 Å². The van der Waals surface area contributed by atoms with Gasteiger partial charge in [0.2, 0.25) is 5.91 Å². The van der Waals surface area contributed by atoms with Gasteiger partial charge in [-0.2, -0.15) is 0 Å². The summed E-state index contributed by atoms with van der Waals surface area (Å²) in [5.74, 6) is 0.308. The Hall–Kier alpha value is -2.60. The average molecular weight is 339 g/mol. The van der Waals surface area contributed by atoms with Crippen LogP contribution in [-0.2, 0) is 17.8 Å². The highest BCUT2D eigenvalue weighted by molar-refractivity contribution is 6.01. The molecular weight excluding hydrogens is 318 g/mol. The molecule has 6 nitrogen and oxygen atoms in total. The molecule has 0 atom stereocenters. The lowest BCUT2D eigenvalue weighted by atomic mass is 10.1. The Bertz CT molecular complexity index is 791. The summed E-state index contributed by atoms with van der Waals surface area (Å²) in [6.07, 6.45) is 2.87. The minimum absolute atomic E-state index is 0.0553. The van der Waals surface area contributed by atoms with Crippen molar-refractivity contribution in [1.82, 2.24) is 10.2 Å². The highest BCUT2D eigenvalue weighted by atomic mass is 16.3. The summed E-state index contributed by atoms with van der Waals surface area (Å²) in [5.41, 5.74) is 2.71. The van der Waals surface area contributed by atoms with Crippen molar-refractivity contribution in [3.8, 4) is 0 Å². The third-order valence-corrected chi connectivity index (χ3v) is 4.82. The first-order valence-electron chi connectivity index (χ1n) is 8.68. The standard InChI is InChI=1S/C19H21N3O3/c23-17-12-14-4-1-2-5-16(14)22(17)13-15-6-11-25-18(15)19(24)21-9-3-7-20-8-10-21/h1-2,4-6,11,20H,3,7-10,12-13H2. The molecule has 0 spiro atoms. The number of carbonyl (C=O) groups is 2. The minimum Gasteiger partial charge on any atom is -0.459 e. The molecule has 1 aromatic carbocycles. The van der Waals surface area contributed by atoms with E-state index < -0.39 is 0 Å². The molecule has 130 valence electrons. The van der Waals surface area contributed by atoms with Gasteiger partial charge in [0.25, 0.3) is 5.91 Å². The second-order valence-corrected chi connectivity index (χ2v) is 6.46. The van der Waals surface area contributed by atoms with Crippen LogP contribution >= 0.6 is 0 Å². The van der Waals surface area contributed by atoms with Crippen molar-refractivity contribution in [1.29, 1.82) is 0 Å². The molecule has 2 aliphatic rings. The first kappa shape index (κ1) is 15.9. The van der Waals surface area contributed by atoms with Gasteiger partial charge >= 0.3 is 0 Å². The SMILES string of the molecule is O=C(c1occc1CN1C(=O)Cc2ccccc21)N1CCCNCC1. The minimum atomic E-state index is -0.0939. The molecule has 2 aliphatic heterocycles. The smallest absolute Gasteiger partial charge is 0.289 e. The molecule has 6 heteroatoms. The third kappa shape index (κ3) is 3.05. The zero-order valence-electron chi connectivity index (χ0n) is 14.0. The van der Waals surface area contributed by atoms with Gasteiger partial charge < -0.3 is 19.5 Å². The van der Waals surface area contributed by atoms with Crippen molar-refractivity contribution < 1.29 is 14.0 Å². The summed E-state index contributed by atoms with van der Waals surface area (Å²) in [5, 5.41) is 3.29. The van der Waals surface area contributed by atoms with Crippen LogP contribution in [0.5, 0.6) is 0 Å². The summed E-state index contributed by atoms with van der Waals surface area (Å²) < 4.78 is 5.50. The number of fused-ring (bicyclic) bond motifs is 1. The Balaban J connectivity index is 1.56. The fourth-order valence-electron chi connectivity index (χ4n) is 3.50. The number of benzene rings is 1. The van der Waals surface area contributed by atoms with Crippen molar-refractivity contribution in [2.45, 2.75) is 19.4 Å². The van der Waals surface area contributed by atoms with Crippen LogP contribution in [-0.4, -0.2) is 42.9 Å². The topological polar surface area (TPSA) is 65.8 Å². The number of anilines is 1. The van der Waals surface area contributed by atoms with Crippen LogP contribution in [0.1, 0.15) is 28.1 Å². The highest BCUT2D eigenvalue weighted by Crippen LogP contribution is 2.30. The lowest BCUT2D eigenvalue weighted by Gasteiger charge is -2.21. The molecule has 1 fully saturated rings. The normalized spacial score (nSPS) is 17.5. The van der Waals surface area contributed by atoms with E-state index in [1.54, 1.807) is 11.0 Å². The summed E-state index contributed by atoms with van der Waals surface area (Å²) in [7, 11) is 0. The number of hydrogen-bond acceptors (Lipinski definition) is 4. The first-order chi connectivity index (χ1) is 12.2. The van der Waals surface area contributed by atoms with Crippen LogP contribution in [0.4, 0.5) is 5.69 Å². The molecule has 2 amide bonds. The van der Waals surface area contributed by atoms with Crippen LogP contribution < -0.4 is 10.2 Å². The van der Waals surface area contributed by atoms with Gasteiger partial charge in [0.1, 0.15) is 0 Å². The molecule has 4 rings (SSSR count). The van der Waals surface area contributed by atoms with Gasteiger partial charge in [-0.05, 0) is 30.7 Å². The zero-order valence-corrected chi connectivity index (χ0v) is 14.0. The number of furan rings is 1. The second-order valence-electron chi connectivity index (χ2n) is 6.46. The molecule has 0 unspecified atom stereocenters. The predicted molar refractivity (Wildman–Crippen MR) is 93.4 cm³/mol. The number of para-hydroxylation sites is 1. The van der Waals surface area contributed by atoms with E-state index in [1.807, 2.05) is 29.2 Å². The molecule has 2 aromatic rings. The molecule has 0 saturated carbocycles. The van der Waals surface area contributed by atoms with E-state index in [0.29, 0.717) is 25.3 Å². The highest BCUT2D eigenvalue weighted by Gasteiger charge is 2.30. The Kier molecular flexibility index (Phi) is 4.28. The quantitative estimate of drug-likeness (QED) is 0.926. The van der Waals surface area contributed by atoms with Crippen LogP contribution in [0, 0.1) is 0 Å². The molecule has 0 bridgehead atoms. The maximum absolute atomic E-state index is 12.8. The Labute approximate surface area is 146 Å². The maximum atomic E-state index is 12.8. The van der Waals surface area contributed by atoms with E-state index in [9.17, 15) is 9.59 Å². The molecule has 3 heterocycles. The van der Waals surface area contributed by atoms with Crippen LogP contribution in [0.2, 0.25) is 0 Å². The van der Waals surface area contributed by atoms with E-state index in [1.165, 1.54) is 6.26 Å². The van der Waals surface area contributed by atoms with Gasteiger partial charge in [-0.3, -0.25) is 9.59 Å². The Morgan fingerprint density at radius 1 is 1.16 bits per heavy atom. The van der Waals surface area contributed by atoms with Crippen molar-refractivity contribution in [2.75, 3.05) is 31.1 Å². The third-order valence-electron chi connectivity index (χ3n) is 4.82. The number of hydrogen-bond donors (Lipinski definition) is 1. The number of rotatable bonds is 3. The molecular formula is C19H21N3O3. The predicted octanol–water partition coefficient (Wildman–Crippen LogP) is 1.80. The van der Waals surface area contributed by atoms with E-state index in [2.05, 4.69) is 5.32 Å². The van der Waals surface area contributed by atoms with Crippen molar-refractivity contribution in [3.05, 3.63) is 53.5 Å². The lowest BCUT2D eigenvalue weighted by molar-refractivity contribution is -0.117. The molecule has 1 N–H and O–H groups in total. The summed E-state index contributed by atoms with van der Waals surface area (Å²) in [6, 6.07) is 9.57. The second kappa shape index (κ2) is 6.72. The van der Waals surface area contributed by atoms with Crippen LogP contribution in [0.15, 0.2) is 41.0 Å². The van der Waals surface area contributed by atoms with Gasteiger partial charge in [0, 0.05) is 30.9 Å². The Morgan fingerprint density at radius 3 is 2.96 bits per heavy atom.